The van der Waals surface area contributed by atoms with Crippen LogP contribution in [0.5, 0.6) is 11.5 Å². The number of ketones is 1. The molecule has 0 N–H and O–H groups in total. The third-order valence-corrected chi connectivity index (χ3v) is 5.12. The van der Waals surface area contributed by atoms with Gasteiger partial charge < -0.3 is 9.47 Å². The van der Waals surface area contributed by atoms with E-state index >= 15 is 0 Å². The molecule has 3 heteroatoms. The summed E-state index contributed by atoms with van der Waals surface area (Å²) in [6, 6.07) is 5.73. The molecule has 2 aliphatic rings. The SMILES string of the molecule is COc1ccc(C=C2CCC(C3CCCC3)C2=O)c(OC)c1. The van der Waals surface area contributed by atoms with Crippen LogP contribution >= 0.6 is 0 Å². The van der Waals surface area contributed by atoms with E-state index in [-0.39, 0.29) is 5.92 Å². The summed E-state index contributed by atoms with van der Waals surface area (Å²) in [7, 11) is 3.29. The molecule has 2 fully saturated rings. The Morgan fingerprint density at radius 2 is 1.86 bits per heavy atom. The van der Waals surface area contributed by atoms with Crippen LogP contribution in [0.3, 0.4) is 0 Å². The van der Waals surface area contributed by atoms with E-state index < -0.39 is 0 Å². The molecule has 118 valence electrons. The molecule has 0 heterocycles. The zero-order valence-corrected chi connectivity index (χ0v) is 13.4. The molecule has 3 rings (SSSR count). The Bertz CT molecular complexity index is 582. The first kappa shape index (κ1) is 15.1. The maximum absolute atomic E-state index is 12.7. The fourth-order valence-corrected chi connectivity index (χ4v) is 3.88. The monoisotopic (exact) mass is 300 g/mol. The zero-order valence-electron chi connectivity index (χ0n) is 13.4. The maximum Gasteiger partial charge on any atom is 0.162 e. The van der Waals surface area contributed by atoms with Crippen LogP contribution in [0.2, 0.25) is 0 Å². The lowest BCUT2D eigenvalue weighted by molar-refractivity contribution is -0.119. The number of methoxy groups -OCH3 is 2. The molecule has 1 atom stereocenters. The van der Waals surface area contributed by atoms with E-state index in [0.717, 1.165) is 35.5 Å². The molecule has 2 saturated carbocycles. The molecule has 0 radical (unpaired) electrons. The van der Waals surface area contributed by atoms with Crippen molar-refractivity contribution in [3.05, 3.63) is 29.3 Å². The second-order valence-electron chi connectivity index (χ2n) is 6.33. The standard InChI is InChI=1S/C19H24O3/c1-21-16-9-7-14(18(12-16)22-2)11-15-8-10-17(19(15)20)13-5-3-4-6-13/h7,9,11-13,17H,3-6,8,10H2,1-2H3. The van der Waals surface area contributed by atoms with Gasteiger partial charge in [-0.2, -0.15) is 0 Å². The van der Waals surface area contributed by atoms with Gasteiger partial charge in [-0.1, -0.05) is 12.8 Å². The largest absolute Gasteiger partial charge is 0.497 e. The van der Waals surface area contributed by atoms with Crippen LogP contribution in [0.4, 0.5) is 0 Å². The molecule has 1 aromatic rings. The minimum atomic E-state index is 0.262. The van der Waals surface area contributed by atoms with E-state index in [2.05, 4.69) is 0 Å². The highest BCUT2D eigenvalue weighted by Crippen LogP contribution is 2.41. The lowest BCUT2D eigenvalue weighted by Gasteiger charge is -2.15. The van der Waals surface area contributed by atoms with Gasteiger partial charge in [0, 0.05) is 17.5 Å². The van der Waals surface area contributed by atoms with E-state index in [4.69, 9.17) is 9.47 Å². The Labute approximate surface area is 132 Å². The molecule has 1 unspecified atom stereocenters. The van der Waals surface area contributed by atoms with Crippen LogP contribution < -0.4 is 9.47 Å². The fraction of sp³-hybridized carbons (Fsp3) is 0.526. The molecule has 0 saturated heterocycles. The Kier molecular flexibility index (Phi) is 4.51. The summed E-state index contributed by atoms with van der Waals surface area (Å²) in [5.41, 5.74) is 1.92. The van der Waals surface area contributed by atoms with E-state index in [1.807, 2.05) is 24.3 Å². The molecular formula is C19H24O3. The Hall–Kier alpha value is -1.77. The Balaban J connectivity index is 1.82. The van der Waals surface area contributed by atoms with Crippen LogP contribution in [0, 0.1) is 11.8 Å². The second-order valence-corrected chi connectivity index (χ2v) is 6.33. The first-order chi connectivity index (χ1) is 10.7. The Morgan fingerprint density at radius 1 is 1.09 bits per heavy atom. The van der Waals surface area contributed by atoms with Crippen molar-refractivity contribution in [3.63, 3.8) is 0 Å². The van der Waals surface area contributed by atoms with Gasteiger partial charge in [0.25, 0.3) is 0 Å². The van der Waals surface area contributed by atoms with Gasteiger partial charge in [0.15, 0.2) is 5.78 Å². The number of rotatable bonds is 4. The highest BCUT2D eigenvalue weighted by Gasteiger charge is 2.36. The van der Waals surface area contributed by atoms with Crippen molar-refractivity contribution >= 4 is 11.9 Å². The molecule has 0 spiro atoms. The predicted octanol–water partition coefficient (Wildman–Crippen LogP) is 4.26. The summed E-state index contributed by atoms with van der Waals surface area (Å²) in [5, 5.41) is 0. The van der Waals surface area contributed by atoms with Crippen molar-refractivity contribution in [1.29, 1.82) is 0 Å². The van der Waals surface area contributed by atoms with Crippen molar-refractivity contribution < 1.29 is 14.3 Å². The molecule has 0 amide bonds. The molecule has 3 nitrogen and oxygen atoms in total. The summed E-state index contributed by atoms with van der Waals surface area (Å²) in [5.74, 6) is 2.77. The summed E-state index contributed by atoms with van der Waals surface area (Å²) >= 11 is 0. The smallest absolute Gasteiger partial charge is 0.162 e. The lowest BCUT2D eigenvalue weighted by Crippen LogP contribution is -2.16. The number of allylic oxidation sites excluding steroid dienone is 1. The number of benzene rings is 1. The van der Waals surface area contributed by atoms with Crippen LogP contribution in [0.1, 0.15) is 44.1 Å². The fourth-order valence-electron chi connectivity index (χ4n) is 3.88. The third-order valence-electron chi connectivity index (χ3n) is 5.12. The highest BCUT2D eigenvalue weighted by atomic mass is 16.5. The molecule has 0 aliphatic heterocycles. The molecule has 2 aliphatic carbocycles. The van der Waals surface area contributed by atoms with Crippen molar-refractivity contribution in [2.75, 3.05) is 14.2 Å². The third kappa shape index (κ3) is 2.90. The quantitative estimate of drug-likeness (QED) is 0.780. The first-order valence-electron chi connectivity index (χ1n) is 8.19. The van der Waals surface area contributed by atoms with Crippen molar-refractivity contribution in [1.82, 2.24) is 0 Å². The average Bonchev–Trinajstić information content (AvgIpc) is 3.18. The summed E-state index contributed by atoms with van der Waals surface area (Å²) < 4.78 is 10.6. The number of carbonyl (C=O) groups is 1. The first-order valence-corrected chi connectivity index (χ1v) is 8.19. The van der Waals surface area contributed by atoms with Gasteiger partial charge in [-0.05, 0) is 55.4 Å². The van der Waals surface area contributed by atoms with Crippen molar-refractivity contribution in [2.24, 2.45) is 11.8 Å². The summed E-state index contributed by atoms with van der Waals surface area (Å²) in [6.45, 7) is 0. The van der Waals surface area contributed by atoms with Gasteiger partial charge in [0.2, 0.25) is 0 Å². The molecule has 0 bridgehead atoms. The van der Waals surface area contributed by atoms with E-state index in [9.17, 15) is 4.79 Å². The van der Waals surface area contributed by atoms with Gasteiger partial charge >= 0.3 is 0 Å². The summed E-state index contributed by atoms with van der Waals surface area (Å²) in [4.78, 5) is 12.7. The normalized spacial score (nSPS) is 24.2. The summed E-state index contributed by atoms with van der Waals surface area (Å²) in [6.07, 6.45) is 8.98. The molecule has 22 heavy (non-hydrogen) atoms. The lowest BCUT2D eigenvalue weighted by atomic mass is 9.88. The number of hydrogen-bond acceptors (Lipinski definition) is 3. The second kappa shape index (κ2) is 6.55. The minimum Gasteiger partial charge on any atom is -0.497 e. The number of Topliss-reactive ketones (excluding diaryl/α,β-unsaturated/α-hetero) is 1. The van der Waals surface area contributed by atoms with Gasteiger partial charge in [-0.15, -0.1) is 0 Å². The van der Waals surface area contributed by atoms with Crippen LogP contribution in [-0.2, 0) is 4.79 Å². The highest BCUT2D eigenvalue weighted by molar-refractivity contribution is 6.03. The van der Waals surface area contributed by atoms with Gasteiger partial charge in [0.05, 0.1) is 14.2 Å². The number of ether oxygens (including phenoxy) is 2. The minimum absolute atomic E-state index is 0.262. The molecule has 1 aromatic carbocycles. The van der Waals surface area contributed by atoms with E-state index in [1.54, 1.807) is 14.2 Å². The van der Waals surface area contributed by atoms with Crippen LogP contribution in [0.25, 0.3) is 6.08 Å². The average molecular weight is 300 g/mol. The predicted molar refractivity (Wildman–Crippen MR) is 87.2 cm³/mol. The van der Waals surface area contributed by atoms with E-state index in [1.165, 1.54) is 25.7 Å². The van der Waals surface area contributed by atoms with Gasteiger partial charge in [-0.3, -0.25) is 4.79 Å². The van der Waals surface area contributed by atoms with Gasteiger partial charge in [0.1, 0.15) is 11.5 Å². The topological polar surface area (TPSA) is 35.5 Å². The number of hydrogen-bond donors (Lipinski definition) is 0. The van der Waals surface area contributed by atoms with Crippen LogP contribution in [-0.4, -0.2) is 20.0 Å². The number of carbonyl (C=O) groups excluding carboxylic acids is 1. The molecular weight excluding hydrogens is 276 g/mol. The molecule has 0 aromatic heterocycles. The maximum atomic E-state index is 12.7. The van der Waals surface area contributed by atoms with Crippen LogP contribution in [0.15, 0.2) is 23.8 Å². The van der Waals surface area contributed by atoms with Gasteiger partial charge in [-0.25, -0.2) is 0 Å². The van der Waals surface area contributed by atoms with E-state index in [0.29, 0.717) is 11.7 Å². The zero-order chi connectivity index (χ0) is 15.5. The van der Waals surface area contributed by atoms with Crippen molar-refractivity contribution in [3.8, 4) is 11.5 Å². The van der Waals surface area contributed by atoms with Crippen molar-refractivity contribution in [2.45, 2.75) is 38.5 Å². The Morgan fingerprint density at radius 3 is 2.55 bits per heavy atom.